The lowest BCUT2D eigenvalue weighted by Crippen LogP contribution is -1.81. The second-order valence-corrected chi connectivity index (χ2v) is 2.77. The van der Waals surface area contributed by atoms with Gasteiger partial charge >= 0.3 is 0 Å². The fourth-order valence-corrected chi connectivity index (χ4v) is 1.32. The second kappa shape index (κ2) is 2.72. The number of hydrogen-bond acceptors (Lipinski definition) is 2. The molecule has 1 heterocycles. The second-order valence-electron chi connectivity index (χ2n) is 2.37. The minimum Gasteiger partial charge on any atom is -0.497 e. The van der Waals surface area contributed by atoms with Crippen LogP contribution in [0.1, 0.15) is 0 Å². The smallest absolute Gasteiger partial charge is 0.153 e. The fraction of sp³-hybridized carbons (Fsp3) is 0.111. The van der Waals surface area contributed by atoms with E-state index < -0.39 is 0 Å². The fourth-order valence-electron chi connectivity index (χ4n) is 1.07. The molecule has 0 aliphatic rings. The molecule has 0 atom stereocenters. The van der Waals surface area contributed by atoms with Crippen LogP contribution in [0, 0.1) is 6.07 Å². The van der Waals surface area contributed by atoms with Gasteiger partial charge in [-0.05, 0) is 6.07 Å². The quantitative estimate of drug-likeness (QED) is 0.675. The number of halogens is 1. The normalized spacial score (nSPS) is 10.5. The van der Waals surface area contributed by atoms with Crippen molar-refractivity contribution in [3.05, 3.63) is 29.5 Å². The van der Waals surface area contributed by atoms with Crippen molar-refractivity contribution in [3.63, 3.8) is 0 Å². The molecule has 0 unspecified atom stereocenters. The number of furan rings is 1. The molecule has 61 valence electrons. The summed E-state index contributed by atoms with van der Waals surface area (Å²) in [5, 5.41) is 1.38. The van der Waals surface area contributed by atoms with E-state index in [1.54, 1.807) is 13.2 Å². The van der Waals surface area contributed by atoms with E-state index in [1.807, 2.05) is 6.07 Å². The van der Waals surface area contributed by atoms with Crippen LogP contribution in [0.3, 0.4) is 0 Å². The topological polar surface area (TPSA) is 22.4 Å². The molecule has 2 rings (SSSR count). The van der Waals surface area contributed by atoms with Crippen molar-refractivity contribution in [1.82, 2.24) is 0 Å². The Bertz CT molecular complexity index is 406. The molecule has 0 saturated heterocycles. The van der Waals surface area contributed by atoms with E-state index in [9.17, 15) is 0 Å². The van der Waals surface area contributed by atoms with E-state index in [1.165, 1.54) is 6.26 Å². The SMILES string of the molecule is COc1cc(Cl)c2oc[c]c2c1. The van der Waals surface area contributed by atoms with Gasteiger partial charge in [0.05, 0.1) is 18.4 Å². The lowest BCUT2D eigenvalue weighted by Gasteiger charge is -1.99. The van der Waals surface area contributed by atoms with Crippen LogP contribution < -0.4 is 4.74 Å². The maximum Gasteiger partial charge on any atom is 0.153 e. The van der Waals surface area contributed by atoms with Gasteiger partial charge in [-0.2, -0.15) is 0 Å². The number of methoxy groups -OCH3 is 1. The molecule has 2 nitrogen and oxygen atoms in total. The molecular weight excluding hydrogens is 176 g/mol. The molecule has 12 heavy (non-hydrogen) atoms. The Labute approximate surface area is 74.7 Å². The highest BCUT2D eigenvalue weighted by molar-refractivity contribution is 6.35. The molecular formula is C9H6ClO2. The van der Waals surface area contributed by atoms with Crippen LogP contribution in [-0.4, -0.2) is 7.11 Å². The molecule has 1 aromatic carbocycles. The maximum atomic E-state index is 5.89. The van der Waals surface area contributed by atoms with Crippen molar-refractivity contribution >= 4 is 22.6 Å². The zero-order valence-corrected chi connectivity index (χ0v) is 7.18. The summed E-state index contributed by atoms with van der Waals surface area (Å²) in [6.07, 6.45) is 1.48. The number of rotatable bonds is 1. The van der Waals surface area contributed by atoms with Crippen LogP contribution in [-0.2, 0) is 0 Å². The van der Waals surface area contributed by atoms with Crippen molar-refractivity contribution in [1.29, 1.82) is 0 Å². The monoisotopic (exact) mass is 181 g/mol. The highest BCUT2D eigenvalue weighted by Gasteiger charge is 2.04. The zero-order chi connectivity index (χ0) is 8.55. The number of benzene rings is 1. The first-order valence-electron chi connectivity index (χ1n) is 3.43. The summed E-state index contributed by atoms with van der Waals surface area (Å²) < 4.78 is 10.1. The van der Waals surface area contributed by atoms with Crippen LogP contribution in [0.15, 0.2) is 22.8 Å². The third kappa shape index (κ3) is 1.04. The predicted octanol–water partition coefficient (Wildman–Crippen LogP) is 2.89. The summed E-state index contributed by atoms with van der Waals surface area (Å²) in [6.45, 7) is 0. The summed E-state index contributed by atoms with van der Waals surface area (Å²) in [6, 6.07) is 6.44. The third-order valence-electron chi connectivity index (χ3n) is 1.64. The van der Waals surface area contributed by atoms with E-state index in [-0.39, 0.29) is 0 Å². The molecule has 0 spiro atoms. The minimum atomic E-state index is 0.547. The molecule has 2 aromatic rings. The largest absolute Gasteiger partial charge is 0.497 e. The predicted molar refractivity (Wildman–Crippen MR) is 46.6 cm³/mol. The van der Waals surface area contributed by atoms with Gasteiger partial charge in [-0.25, -0.2) is 0 Å². The van der Waals surface area contributed by atoms with E-state index in [2.05, 4.69) is 6.07 Å². The van der Waals surface area contributed by atoms with Gasteiger partial charge < -0.3 is 9.15 Å². The van der Waals surface area contributed by atoms with Crippen LogP contribution in [0.2, 0.25) is 5.02 Å². The molecule has 0 aliphatic carbocycles. The van der Waals surface area contributed by atoms with Crippen molar-refractivity contribution in [2.75, 3.05) is 7.11 Å². The molecule has 0 amide bonds. The Balaban J connectivity index is 2.75. The Morgan fingerprint density at radius 3 is 3.08 bits per heavy atom. The molecule has 1 radical (unpaired) electrons. The number of hydrogen-bond donors (Lipinski definition) is 0. The van der Waals surface area contributed by atoms with Gasteiger partial charge in [0, 0.05) is 17.5 Å². The summed E-state index contributed by atoms with van der Waals surface area (Å²) in [4.78, 5) is 0. The molecule has 0 saturated carbocycles. The first-order chi connectivity index (χ1) is 5.81. The molecule has 0 N–H and O–H groups in total. The molecule has 0 bridgehead atoms. The lowest BCUT2D eigenvalue weighted by atomic mass is 10.2. The van der Waals surface area contributed by atoms with Crippen LogP contribution in [0.4, 0.5) is 0 Å². The van der Waals surface area contributed by atoms with Gasteiger partial charge in [-0.1, -0.05) is 11.6 Å². The lowest BCUT2D eigenvalue weighted by molar-refractivity contribution is 0.415. The molecule has 0 aliphatic heterocycles. The zero-order valence-electron chi connectivity index (χ0n) is 6.43. The Hall–Kier alpha value is -1.15. The van der Waals surface area contributed by atoms with E-state index in [0.29, 0.717) is 16.4 Å². The minimum absolute atomic E-state index is 0.547. The molecule has 1 aromatic heterocycles. The van der Waals surface area contributed by atoms with Gasteiger partial charge in [0.25, 0.3) is 0 Å². The summed E-state index contributed by atoms with van der Waals surface area (Å²) in [5.74, 6) is 0.713. The van der Waals surface area contributed by atoms with Gasteiger partial charge in [0.2, 0.25) is 0 Å². The maximum absolute atomic E-state index is 5.89. The first kappa shape index (κ1) is 7.50. The standard InChI is InChI=1S/C9H6ClO2/c1-11-7-4-6-2-3-12-9(6)8(10)5-7/h3-5H,1H3. The molecule has 3 heteroatoms. The van der Waals surface area contributed by atoms with Crippen LogP contribution in [0.25, 0.3) is 11.0 Å². The van der Waals surface area contributed by atoms with Gasteiger partial charge in [0.15, 0.2) is 5.58 Å². The van der Waals surface area contributed by atoms with E-state index in [0.717, 1.165) is 5.39 Å². The highest BCUT2D eigenvalue weighted by Crippen LogP contribution is 2.29. The van der Waals surface area contributed by atoms with Crippen LogP contribution in [0.5, 0.6) is 5.75 Å². The van der Waals surface area contributed by atoms with Gasteiger partial charge in [0.1, 0.15) is 5.75 Å². The Kier molecular flexibility index (Phi) is 1.70. The van der Waals surface area contributed by atoms with Crippen molar-refractivity contribution in [2.24, 2.45) is 0 Å². The molecule has 0 fully saturated rings. The van der Waals surface area contributed by atoms with Crippen LogP contribution >= 0.6 is 11.6 Å². The highest BCUT2D eigenvalue weighted by atomic mass is 35.5. The van der Waals surface area contributed by atoms with Crippen molar-refractivity contribution in [3.8, 4) is 5.75 Å². The number of fused-ring (bicyclic) bond motifs is 1. The third-order valence-corrected chi connectivity index (χ3v) is 1.92. The summed E-state index contributed by atoms with van der Waals surface area (Å²) in [5.41, 5.74) is 0.650. The van der Waals surface area contributed by atoms with E-state index >= 15 is 0 Å². The van der Waals surface area contributed by atoms with Gasteiger partial charge in [-0.15, -0.1) is 0 Å². The Morgan fingerprint density at radius 2 is 2.33 bits per heavy atom. The van der Waals surface area contributed by atoms with E-state index in [4.69, 9.17) is 20.8 Å². The average molecular weight is 182 g/mol. The van der Waals surface area contributed by atoms with Crippen molar-refractivity contribution < 1.29 is 9.15 Å². The average Bonchev–Trinajstić information content (AvgIpc) is 2.52. The van der Waals surface area contributed by atoms with Crippen molar-refractivity contribution in [2.45, 2.75) is 0 Å². The first-order valence-corrected chi connectivity index (χ1v) is 3.81. The Morgan fingerprint density at radius 1 is 1.50 bits per heavy atom. The summed E-state index contributed by atoms with van der Waals surface area (Å²) >= 11 is 5.89. The van der Waals surface area contributed by atoms with Gasteiger partial charge in [-0.3, -0.25) is 0 Å². The number of ether oxygens (including phenoxy) is 1. The summed E-state index contributed by atoms with van der Waals surface area (Å²) in [7, 11) is 1.59.